The Morgan fingerprint density at radius 3 is 2.67 bits per heavy atom. The number of benzene rings is 2. The van der Waals surface area contributed by atoms with E-state index in [0.717, 1.165) is 12.1 Å². The smallest absolute Gasteiger partial charge is 0.416 e. The third-order valence-electron chi connectivity index (χ3n) is 3.81. The van der Waals surface area contributed by atoms with Crippen molar-refractivity contribution in [3.05, 3.63) is 71.4 Å². The SMILES string of the molecule is Cc1cc(C(=O)OCCSc2cccc(C(F)(F)F)c2)c2ccccc2n1. The number of esters is 1. The Labute approximate surface area is 158 Å². The van der Waals surface area contributed by atoms with Crippen molar-refractivity contribution in [2.75, 3.05) is 12.4 Å². The van der Waals surface area contributed by atoms with E-state index in [9.17, 15) is 18.0 Å². The second-order valence-electron chi connectivity index (χ2n) is 5.84. The van der Waals surface area contributed by atoms with Crippen LogP contribution in [0.1, 0.15) is 21.6 Å². The molecule has 3 rings (SSSR count). The van der Waals surface area contributed by atoms with Crippen LogP contribution in [-0.4, -0.2) is 23.3 Å². The van der Waals surface area contributed by atoms with Crippen molar-refractivity contribution < 1.29 is 22.7 Å². The van der Waals surface area contributed by atoms with E-state index in [0.29, 0.717) is 32.8 Å². The zero-order chi connectivity index (χ0) is 19.4. The topological polar surface area (TPSA) is 39.2 Å². The van der Waals surface area contributed by atoms with Crippen molar-refractivity contribution in [1.82, 2.24) is 4.98 Å². The molecule has 0 fully saturated rings. The van der Waals surface area contributed by atoms with E-state index in [2.05, 4.69) is 4.98 Å². The number of carbonyl (C=O) groups excluding carboxylic acids is 1. The summed E-state index contributed by atoms with van der Waals surface area (Å²) in [6, 6.07) is 14.0. The number of rotatable bonds is 5. The maximum absolute atomic E-state index is 12.7. The number of aryl methyl sites for hydroxylation is 1. The van der Waals surface area contributed by atoms with Crippen LogP contribution in [0.5, 0.6) is 0 Å². The Kier molecular flexibility index (Phi) is 5.70. The van der Waals surface area contributed by atoms with Gasteiger partial charge in [0.05, 0.1) is 16.6 Å². The summed E-state index contributed by atoms with van der Waals surface area (Å²) in [4.78, 5) is 17.3. The largest absolute Gasteiger partial charge is 0.461 e. The monoisotopic (exact) mass is 391 g/mol. The zero-order valence-electron chi connectivity index (χ0n) is 14.4. The fourth-order valence-electron chi connectivity index (χ4n) is 2.61. The number of hydrogen-bond donors (Lipinski definition) is 0. The van der Waals surface area contributed by atoms with E-state index in [-0.39, 0.29) is 6.61 Å². The maximum Gasteiger partial charge on any atom is 0.416 e. The Morgan fingerprint density at radius 1 is 1.11 bits per heavy atom. The molecule has 1 heterocycles. The number of fused-ring (bicyclic) bond motifs is 1. The summed E-state index contributed by atoms with van der Waals surface area (Å²) in [5.74, 6) is -0.115. The van der Waals surface area contributed by atoms with Gasteiger partial charge in [-0.15, -0.1) is 11.8 Å². The van der Waals surface area contributed by atoms with Gasteiger partial charge in [0.15, 0.2) is 0 Å². The number of halogens is 3. The van der Waals surface area contributed by atoms with Gasteiger partial charge in [0.25, 0.3) is 0 Å². The lowest BCUT2D eigenvalue weighted by Gasteiger charge is -2.10. The predicted octanol–water partition coefficient (Wildman–Crippen LogP) is 5.51. The van der Waals surface area contributed by atoms with Crippen molar-refractivity contribution in [1.29, 1.82) is 0 Å². The fraction of sp³-hybridized carbons (Fsp3) is 0.200. The molecule has 0 bridgehead atoms. The molecule has 0 aliphatic rings. The van der Waals surface area contributed by atoms with Crippen LogP contribution in [0.3, 0.4) is 0 Å². The number of nitrogens with zero attached hydrogens (tertiary/aromatic N) is 1. The summed E-state index contributed by atoms with van der Waals surface area (Å²) < 4.78 is 43.5. The Balaban J connectivity index is 1.61. The number of ether oxygens (including phenoxy) is 1. The van der Waals surface area contributed by atoms with Crippen LogP contribution in [0.25, 0.3) is 10.9 Å². The van der Waals surface area contributed by atoms with Crippen LogP contribution in [0, 0.1) is 6.92 Å². The lowest BCUT2D eigenvalue weighted by atomic mass is 10.1. The van der Waals surface area contributed by atoms with E-state index in [1.807, 2.05) is 18.2 Å². The summed E-state index contributed by atoms with van der Waals surface area (Å²) in [7, 11) is 0. The lowest BCUT2D eigenvalue weighted by molar-refractivity contribution is -0.137. The molecule has 0 aliphatic heterocycles. The van der Waals surface area contributed by atoms with E-state index >= 15 is 0 Å². The third-order valence-corrected chi connectivity index (χ3v) is 4.77. The lowest BCUT2D eigenvalue weighted by Crippen LogP contribution is -2.09. The minimum atomic E-state index is -4.37. The number of thioether (sulfide) groups is 1. The first-order valence-corrected chi connectivity index (χ1v) is 9.17. The Bertz CT molecular complexity index is 973. The quantitative estimate of drug-likeness (QED) is 0.327. The van der Waals surface area contributed by atoms with Crippen molar-refractivity contribution in [2.45, 2.75) is 18.0 Å². The highest BCUT2D eigenvalue weighted by atomic mass is 32.2. The summed E-state index contributed by atoms with van der Waals surface area (Å²) >= 11 is 1.21. The molecular formula is C20H16F3NO2S. The summed E-state index contributed by atoms with van der Waals surface area (Å²) in [6.07, 6.45) is -4.37. The molecule has 0 spiro atoms. The fourth-order valence-corrected chi connectivity index (χ4v) is 3.40. The Hall–Kier alpha value is -2.54. The zero-order valence-corrected chi connectivity index (χ0v) is 15.2. The highest BCUT2D eigenvalue weighted by Gasteiger charge is 2.30. The predicted molar refractivity (Wildman–Crippen MR) is 98.9 cm³/mol. The van der Waals surface area contributed by atoms with E-state index in [1.54, 1.807) is 25.1 Å². The number of alkyl halides is 3. The molecule has 3 aromatic rings. The number of aromatic nitrogens is 1. The summed E-state index contributed by atoms with van der Waals surface area (Å²) in [5.41, 5.74) is 1.16. The normalized spacial score (nSPS) is 11.6. The van der Waals surface area contributed by atoms with Crippen LogP contribution >= 0.6 is 11.8 Å². The highest BCUT2D eigenvalue weighted by molar-refractivity contribution is 7.99. The van der Waals surface area contributed by atoms with Gasteiger partial charge in [-0.2, -0.15) is 13.2 Å². The van der Waals surface area contributed by atoms with Crippen LogP contribution in [0.4, 0.5) is 13.2 Å². The van der Waals surface area contributed by atoms with E-state index in [1.165, 1.54) is 17.8 Å². The third kappa shape index (κ3) is 4.80. The minimum Gasteiger partial charge on any atom is -0.461 e. The van der Waals surface area contributed by atoms with E-state index in [4.69, 9.17) is 4.74 Å². The molecular weight excluding hydrogens is 375 g/mol. The van der Waals surface area contributed by atoms with Gasteiger partial charge in [-0.05, 0) is 37.3 Å². The minimum absolute atomic E-state index is 0.0927. The molecule has 0 radical (unpaired) electrons. The first-order valence-electron chi connectivity index (χ1n) is 8.18. The Morgan fingerprint density at radius 2 is 1.89 bits per heavy atom. The van der Waals surface area contributed by atoms with Gasteiger partial charge in [0.1, 0.15) is 6.61 Å². The molecule has 3 nitrogen and oxygen atoms in total. The number of hydrogen-bond acceptors (Lipinski definition) is 4. The number of carbonyl (C=O) groups is 1. The second kappa shape index (κ2) is 8.00. The average molecular weight is 391 g/mol. The molecule has 0 amide bonds. The van der Waals surface area contributed by atoms with Gasteiger partial charge in [0.2, 0.25) is 0 Å². The molecule has 0 saturated heterocycles. The van der Waals surface area contributed by atoms with Crippen LogP contribution in [-0.2, 0) is 10.9 Å². The molecule has 1 aromatic heterocycles. The van der Waals surface area contributed by atoms with Crippen molar-refractivity contribution in [3.63, 3.8) is 0 Å². The summed E-state index contributed by atoms with van der Waals surface area (Å²) in [5, 5.41) is 0.707. The molecule has 0 atom stereocenters. The molecule has 0 N–H and O–H groups in total. The number of pyridine rings is 1. The second-order valence-corrected chi connectivity index (χ2v) is 7.01. The van der Waals surface area contributed by atoms with Crippen molar-refractivity contribution >= 4 is 28.6 Å². The van der Waals surface area contributed by atoms with E-state index < -0.39 is 17.7 Å². The molecule has 140 valence electrons. The molecule has 0 aliphatic carbocycles. The van der Waals surface area contributed by atoms with Crippen LogP contribution in [0.2, 0.25) is 0 Å². The maximum atomic E-state index is 12.7. The highest BCUT2D eigenvalue weighted by Crippen LogP contribution is 2.31. The van der Waals surface area contributed by atoms with Gasteiger partial charge in [-0.1, -0.05) is 24.3 Å². The first kappa shape index (κ1) is 19.2. The first-order chi connectivity index (χ1) is 12.8. The van der Waals surface area contributed by atoms with Gasteiger partial charge in [0, 0.05) is 21.7 Å². The molecule has 27 heavy (non-hydrogen) atoms. The van der Waals surface area contributed by atoms with Gasteiger partial charge >= 0.3 is 12.1 Å². The van der Waals surface area contributed by atoms with Crippen LogP contribution < -0.4 is 0 Å². The van der Waals surface area contributed by atoms with Crippen molar-refractivity contribution in [3.8, 4) is 0 Å². The summed E-state index contributed by atoms with van der Waals surface area (Å²) in [6.45, 7) is 1.89. The van der Waals surface area contributed by atoms with Crippen LogP contribution in [0.15, 0.2) is 59.5 Å². The number of para-hydroxylation sites is 1. The van der Waals surface area contributed by atoms with Gasteiger partial charge < -0.3 is 4.74 Å². The molecule has 0 saturated carbocycles. The van der Waals surface area contributed by atoms with Crippen molar-refractivity contribution in [2.24, 2.45) is 0 Å². The molecule has 7 heteroatoms. The molecule has 2 aromatic carbocycles. The van der Waals surface area contributed by atoms with Gasteiger partial charge in [-0.25, -0.2) is 4.79 Å². The standard InChI is InChI=1S/C20H16F3NO2S/c1-13-11-17(16-7-2-3-8-18(16)24-13)19(25)26-9-10-27-15-6-4-5-14(12-15)20(21,22)23/h2-8,11-12H,9-10H2,1H3. The average Bonchev–Trinajstić information content (AvgIpc) is 2.64. The van der Waals surface area contributed by atoms with Gasteiger partial charge in [-0.3, -0.25) is 4.98 Å². The molecule has 0 unspecified atom stereocenters.